The number of hydrogen-bond donors (Lipinski definition) is 3. The Morgan fingerprint density at radius 3 is 2.88 bits per heavy atom. The summed E-state index contributed by atoms with van der Waals surface area (Å²) in [7, 11) is 0. The molecule has 2 atom stereocenters. The number of nitrogens with one attached hydrogen (secondary N) is 3. The second-order valence-electron chi connectivity index (χ2n) is 7.95. The van der Waals surface area contributed by atoms with Crippen LogP contribution in [-0.4, -0.2) is 63.2 Å². The smallest absolute Gasteiger partial charge is 0.366 e. The van der Waals surface area contributed by atoms with Gasteiger partial charge in [-0.05, 0) is 25.5 Å². The Morgan fingerprint density at radius 2 is 2.09 bits per heavy atom. The lowest BCUT2D eigenvalue weighted by atomic mass is 10.1. The van der Waals surface area contributed by atoms with Crippen molar-refractivity contribution in [3.8, 4) is 0 Å². The first-order valence-corrected chi connectivity index (χ1v) is 10.2. The number of amides is 3. The van der Waals surface area contributed by atoms with Crippen molar-refractivity contribution in [1.82, 2.24) is 25.3 Å². The molecule has 2 aliphatic rings. The van der Waals surface area contributed by atoms with E-state index in [9.17, 15) is 22.8 Å². The number of hydrogen-bond acceptors (Lipinski definition) is 6. The molecule has 10 nitrogen and oxygen atoms in total. The molecular weight excluding hydrogens is 441 g/mol. The molecule has 3 aromatic rings. The molecule has 13 heteroatoms. The van der Waals surface area contributed by atoms with Gasteiger partial charge >= 0.3 is 12.2 Å². The van der Waals surface area contributed by atoms with Crippen LogP contribution in [0.2, 0.25) is 0 Å². The molecule has 0 saturated carbocycles. The number of carbonyl (C=O) groups excluding carboxylic acids is 2. The van der Waals surface area contributed by atoms with Gasteiger partial charge in [-0.15, -0.1) is 0 Å². The van der Waals surface area contributed by atoms with Gasteiger partial charge in [0.15, 0.2) is 5.82 Å². The molecule has 3 aromatic heterocycles. The molecule has 1 fully saturated rings. The zero-order valence-corrected chi connectivity index (χ0v) is 17.3. The molecule has 5 heterocycles. The van der Waals surface area contributed by atoms with E-state index in [2.05, 4.69) is 25.3 Å². The van der Waals surface area contributed by atoms with Gasteiger partial charge in [0.25, 0.3) is 5.91 Å². The highest BCUT2D eigenvalue weighted by Gasteiger charge is 2.41. The van der Waals surface area contributed by atoms with Crippen molar-refractivity contribution >= 4 is 40.3 Å². The fourth-order valence-electron chi connectivity index (χ4n) is 4.02. The number of urea groups is 1. The fourth-order valence-corrected chi connectivity index (χ4v) is 4.02. The summed E-state index contributed by atoms with van der Waals surface area (Å²) < 4.78 is 38.5. The summed E-state index contributed by atoms with van der Waals surface area (Å²) in [4.78, 5) is 44.6. The van der Waals surface area contributed by atoms with Crippen LogP contribution in [0.1, 0.15) is 23.8 Å². The molecule has 2 aliphatic heterocycles. The van der Waals surface area contributed by atoms with Crippen molar-refractivity contribution in [2.75, 3.05) is 28.2 Å². The predicted octanol–water partition coefficient (Wildman–Crippen LogP) is 2.66. The molecule has 172 valence electrons. The number of rotatable bonds is 3. The number of aromatic amines is 1. The molecule has 5 rings (SSSR count). The van der Waals surface area contributed by atoms with Gasteiger partial charge in [-0.25, -0.2) is 19.7 Å². The van der Waals surface area contributed by atoms with Crippen LogP contribution in [0.3, 0.4) is 0 Å². The average Bonchev–Trinajstić information content (AvgIpc) is 3.40. The Kier molecular flexibility index (Phi) is 4.83. The summed E-state index contributed by atoms with van der Waals surface area (Å²) in [6, 6.07) is 1.84. The van der Waals surface area contributed by atoms with Gasteiger partial charge in [0.2, 0.25) is 0 Å². The van der Waals surface area contributed by atoms with Crippen LogP contribution in [0.25, 0.3) is 11.0 Å². The average molecular weight is 460 g/mol. The summed E-state index contributed by atoms with van der Waals surface area (Å²) in [5.41, 5.74) is 1.77. The SMILES string of the molecule is C[C@@H](NC(=O)c1ccc2c(n1)N(C(=O)Nc1cc3nc[nH]c3cn1)C1CCN2C1)C(F)(F)F. The minimum atomic E-state index is -4.58. The van der Waals surface area contributed by atoms with E-state index in [1.807, 2.05) is 10.2 Å². The van der Waals surface area contributed by atoms with Crippen LogP contribution in [0.4, 0.5) is 35.3 Å². The maximum absolute atomic E-state index is 13.2. The molecule has 0 spiro atoms. The van der Waals surface area contributed by atoms with Crippen LogP contribution in [0.5, 0.6) is 0 Å². The van der Waals surface area contributed by atoms with Crippen molar-refractivity contribution in [2.45, 2.75) is 31.6 Å². The van der Waals surface area contributed by atoms with Crippen molar-refractivity contribution < 1.29 is 22.8 Å². The number of alkyl halides is 3. The third-order valence-corrected chi connectivity index (χ3v) is 5.78. The Balaban J connectivity index is 1.43. The first kappa shape index (κ1) is 21.0. The molecule has 0 aliphatic carbocycles. The number of imidazole rings is 1. The Hall–Kier alpha value is -3.90. The highest BCUT2D eigenvalue weighted by molar-refractivity contribution is 6.05. The van der Waals surface area contributed by atoms with E-state index < -0.39 is 24.2 Å². The van der Waals surface area contributed by atoms with Gasteiger partial charge in [-0.2, -0.15) is 13.2 Å². The van der Waals surface area contributed by atoms with E-state index in [4.69, 9.17) is 0 Å². The number of aromatic nitrogens is 4. The second kappa shape index (κ2) is 7.60. The monoisotopic (exact) mass is 460 g/mol. The van der Waals surface area contributed by atoms with E-state index in [1.54, 1.807) is 18.3 Å². The van der Waals surface area contributed by atoms with E-state index in [0.29, 0.717) is 36.2 Å². The number of H-pyrrole nitrogens is 1. The first-order valence-electron chi connectivity index (χ1n) is 10.2. The summed E-state index contributed by atoms with van der Waals surface area (Å²) in [6.07, 6.45) is -0.838. The molecule has 3 amide bonds. The molecule has 33 heavy (non-hydrogen) atoms. The molecular formula is C20H19F3N8O2. The van der Waals surface area contributed by atoms with E-state index in [1.165, 1.54) is 17.3 Å². The number of carbonyl (C=O) groups is 2. The van der Waals surface area contributed by atoms with Gasteiger partial charge in [0.1, 0.15) is 17.6 Å². The summed E-state index contributed by atoms with van der Waals surface area (Å²) in [5, 5.41) is 4.63. The number of anilines is 3. The van der Waals surface area contributed by atoms with Crippen LogP contribution in [-0.2, 0) is 0 Å². The topological polar surface area (TPSA) is 119 Å². The van der Waals surface area contributed by atoms with Gasteiger partial charge in [-0.1, -0.05) is 0 Å². The van der Waals surface area contributed by atoms with Crippen molar-refractivity contribution in [3.63, 3.8) is 0 Å². The van der Waals surface area contributed by atoms with Crippen LogP contribution in [0, 0.1) is 0 Å². The van der Waals surface area contributed by atoms with Crippen molar-refractivity contribution in [1.29, 1.82) is 0 Å². The van der Waals surface area contributed by atoms with Gasteiger partial charge < -0.3 is 15.2 Å². The Bertz CT molecular complexity index is 1240. The summed E-state index contributed by atoms with van der Waals surface area (Å²) in [6.45, 7) is 2.13. The number of pyridine rings is 2. The highest BCUT2D eigenvalue weighted by Crippen LogP contribution is 2.39. The number of fused-ring (bicyclic) bond motifs is 5. The lowest BCUT2D eigenvalue weighted by molar-refractivity contribution is -0.149. The van der Waals surface area contributed by atoms with Gasteiger partial charge in [0.05, 0.1) is 35.3 Å². The predicted molar refractivity (Wildman–Crippen MR) is 113 cm³/mol. The number of nitrogens with zero attached hydrogens (tertiary/aromatic N) is 5. The first-order chi connectivity index (χ1) is 15.7. The second-order valence-corrected chi connectivity index (χ2v) is 7.95. The Labute approximate surface area is 185 Å². The van der Waals surface area contributed by atoms with E-state index in [0.717, 1.165) is 6.92 Å². The summed E-state index contributed by atoms with van der Waals surface area (Å²) in [5.74, 6) is -0.467. The third-order valence-electron chi connectivity index (χ3n) is 5.78. The maximum Gasteiger partial charge on any atom is 0.408 e. The van der Waals surface area contributed by atoms with Crippen LogP contribution >= 0.6 is 0 Å². The van der Waals surface area contributed by atoms with Crippen LogP contribution in [0.15, 0.2) is 30.7 Å². The van der Waals surface area contributed by atoms with E-state index >= 15 is 0 Å². The lowest BCUT2D eigenvalue weighted by Gasteiger charge is -2.35. The van der Waals surface area contributed by atoms with Gasteiger partial charge in [-0.3, -0.25) is 15.0 Å². The minimum absolute atomic E-state index is 0.202. The molecule has 3 N–H and O–H groups in total. The molecule has 0 aromatic carbocycles. The maximum atomic E-state index is 13.2. The standard InChI is InChI=1S/C20H19F3N8O2/c1-10(20(21,22)23)27-18(32)12-2-3-15-17(28-12)31(11-4-5-30(15)8-11)19(33)29-16-6-13-14(7-24-16)26-9-25-13/h2-3,6-7,9-11H,4-5,8H2,1H3,(H,25,26)(H,27,32)(H,24,29,33)/t10-,11?/m1/s1. The van der Waals surface area contributed by atoms with E-state index in [-0.39, 0.29) is 23.4 Å². The van der Waals surface area contributed by atoms with Crippen molar-refractivity contribution in [3.05, 3.63) is 36.4 Å². The number of halogens is 3. The zero-order valence-electron chi connectivity index (χ0n) is 17.3. The highest BCUT2D eigenvalue weighted by atomic mass is 19.4. The third kappa shape index (κ3) is 3.79. The lowest BCUT2D eigenvalue weighted by Crippen LogP contribution is -2.49. The van der Waals surface area contributed by atoms with Gasteiger partial charge in [0, 0.05) is 19.2 Å². The van der Waals surface area contributed by atoms with Crippen molar-refractivity contribution in [2.24, 2.45) is 0 Å². The zero-order chi connectivity index (χ0) is 23.3. The summed E-state index contributed by atoms with van der Waals surface area (Å²) >= 11 is 0. The Morgan fingerprint density at radius 1 is 1.27 bits per heavy atom. The molecule has 1 unspecified atom stereocenters. The molecule has 0 radical (unpaired) electrons. The largest absolute Gasteiger partial charge is 0.408 e. The molecule has 1 saturated heterocycles. The normalized spacial score (nSPS) is 18.2. The molecule has 2 bridgehead atoms. The quantitative estimate of drug-likeness (QED) is 0.553. The fraction of sp³-hybridized carbons (Fsp3) is 0.350. The van der Waals surface area contributed by atoms with Crippen LogP contribution < -0.4 is 20.4 Å². The minimum Gasteiger partial charge on any atom is -0.366 e.